The van der Waals surface area contributed by atoms with Crippen molar-refractivity contribution in [3.05, 3.63) is 27.7 Å². The van der Waals surface area contributed by atoms with Gasteiger partial charge in [0.15, 0.2) is 0 Å². The van der Waals surface area contributed by atoms with Gasteiger partial charge in [-0.15, -0.1) is 0 Å². The van der Waals surface area contributed by atoms with E-state index in [1.165, 1.54) is 79.8 Å². The van der Waals surface area contributed by atoms with Gasteiger partial charge in [0.05, 0.1) is 0 Å². The van der Waals surface area contributed by atoms with Crippen molar-refractivity contribution in [1.29, 1.82) is 0 Å². The van der Waals surface area contributed by atoms with Crippen LogP contribution >= 0.6 is 15.9 Å². The van der Waals surface area contributed by atoms with Gasteiger partial charge >= 0.3 is 0 Å². The summed E-state index contributed by atoms with van der Waals surface area (Å²) in [5.41, 5.74) is 10.6. The van der Waals surface area contributed by atoms with Crippen molar-refractivity contribution < 1.29 is 0 Å². The van der Waals surface area contributed by atoms with E-state index in [-0.39, 0.29) is 0 Å². The summed E-state index contributed by atoms with van der Waals surface area (Å²) in [4.78, 5) is 0. The Morgan fingerprint density at radius 1 is 0.750 bits per heavy atom. The van der Waals surface area contributed by atoms with Crippen LogP contribution in [-0.2, 0) is 0 Å². The number of nitrogen functional groups attached to an aromatic ring is 1. The fourth-order valence-corrected chi connectivity index (χ4v) is 4.66. The predicted molar refractivity (Wildman–Crippen MR) is 90.2 cm³/mol. The average molecular weight is 336 g/mol. The molecule has 0 atom stereocenters. The lowest BCUT2D eigenvalue weighted by molar-refractivity contribution is 0.437. The Kier molecular flexibility index (Phi) is 4.70. The predicted octanol–water partition coefficient (Wildman–Crippen LogP) is 6.13. The maximum atomic E-state index is 6.59. The van der Waals surface area contributed by atoms with E-state index >= 15 is 0 Å². The number of nitrogens with two attached hydrogens (primary N) is 1. The highest BCUT2D eigenvalue weighted by Crippen LogP contribution is 2.43. The van der Waals surface area contributed by atoms with E-state index in [0.29, 0.717) is 11.8 Å². The molecule has 0 radical (unpaired) electrons. The topological polar surface area (TPSA) is 26.0 Å². The Labute approximate surface area is 131 Å². The first kappa shape index (κ1) is 14.4. The second-order valence-corrected chi connectivity index (χ2v) is 7.58. The Balaban J connectivity index is 1.91. The Hall–Kier alpha value is -0.500. The number of halogens is 1. The van der Waals surface area contributed by atoms with Gasteiger partial charge in [-0.05, 0) is 60.8 Å². The molecule has 3 rings (SSSR count). The highest BCUT2D eigenvalue weighted by molar-refractivity contribution is 9.10. The molecule has 0 saturated heterocycles. The van der Waals surface area contributed by atoms with Gasteiger partial charge in [0.1, 0.15) is 0 Å². The van der Waals surface area contributed by atoms with Crippen LogP contribution in [0.2, 0.25) is 0 Å². The second-order valence-electron chi connectivity index (χ2n) is 6.67. The summed E-state index contributed by atoms with van der Waals surface area (Å²) in [6, 6.07) is 4.58. The van der Waals surface area contributed by atoms with Crippen LogP contribution in [0.4, 0.5) is 5.69 Å². The SMILES string of the molecule is Nc1c(C2CCCCC2)cc(Br)cc1C1CCCCC1. The van der Waals surface area contributed by atoms with Gasteiger partial charge in [0, 0.05) is 10.2 Å². The molecule has 0 heterocycles. The molecule has 110 valence electrons. The van der Waals surface area contributed by atoms with E-state index in [1.807, 2.05) is 0 Å². The van der Waals surface area contributed by atoms with Crippen molar-refractivity contribution in [1.82, 2.24) is 0 Å². The molecule has 1 nitrogen and oxygen atoms in total. The smallest absolute Gasteiger partial charge is 0.0385 e. The number of anilines is 1. The van der Waals surface area contributed by atoms with Gasteiger partial charge in [-0.2, -0.15) is 0 Å². The quantitative estimate of drug-likeness (QED) is 0.646. The van der Waals surface area contributed by atoms with Crippen molar-refractivity contribution in [3.63, 3.8) is 0 Å². The number of rotatable bonds is 2. The van der Waals surface area contributed by atoms with Gasteiger partial charge in [0.2, 0.25) is 0 Å². The van der Waals surface area contributed by atoms with Gasteiger partial charge < -0.3 is 5.73 Å². The van der Waals surface area contributed by atoms with Crippen LogP contribution in [0, 0.1) is 0 Å². The van der Waals surface area contributed by atoms with E-state index < -0.39 is 0 Å². The zero-order chi connectivity index (χ0) is 13.9. The maximum absolute atomic E-state index is 6.59. The lowest BCUT2D eigenvalue weighted by Crippen LogP contribution is -2.12. The minimum absolute atomic E-state index is 0.698. The fraction of sp³-hybridized carbons (Fsp3) is 0.667. The summed E-state index contributed by atoms with van der Waals surface area (Å²) < 4.78 is 1.23. The number of hydrogen-bond donors (Lipinski definition) is 1. The highest BCUT2D eigenvalue weighted by Gasteiger charge is 2.24. The maximum Gasteiger partial charge on any atom is 0.0385 e. The van der Waals surface area contributed by atoms with Crippen LogP contribution in [0.15, 0.2) is 16.6 Å². The third-order valence-electron chi connectivity index (χ3n) is 5.30. The van der Waals surface area contributed by atoms with Crippen LogP contribution in [0.25, 0.3) is 0 Å². The lowest BCUT2D eigenvalue weighted by atomic mass is 9.78. The minimum Gasteiger partial charge on any atom is -0.398 e. The van der Waals surface area contributed by atoms with Crippen LogP contribution in [0.1, 0.15) is 87.2 Å². The molecule has 0 bridgehead atoms. The fourth-order valence-electron chi connectivity index (χ4n) is 4.16. The van der Waals surface area contributed by atoms with Gasteiger partial charge in [-0.25, -0.2) is 0 Å². The zero-order valence-corrected chi connectivity index (χ0v) is 13.9. The second kappa shape index (κ2) is 6.51. The summed E-state index contributed by atoms with van der Waals surface area (Å²) in [5.74, 6) is 1.40. The molecule has 2 saturated carbocycles. The first-order valence-corrected chi connectivity index (χ1v) is 9.14. The van der Waals surface area contributed by atoms with Crippen molar-refractivity contribution >= 4 is 21.6 Å². The van der Waals surface area contributed by atoms with Crippen molar-refractivity contribution in [2.45, 2.75) is 76.0 Å². The Morgan fingerprint density at radius 2 is 1.15 bits per heavy atom. The molecule has 20 heavy (non-hydrogen) atoms. The molecule has 2 fully saturated rings. The zero-order valence-electron chi connectivity index (χ0n) is 12.3. The molecule has 0 aliphatic heterocycles. The molecule has 0 aromatic heterocycles. The Bertz CT molecular complexity index is 417. The van der Waals surface area contributed by atoms with Crippen LogP contribution in [0.3, 0.4) is 0 Å². The normalized spacial score (nSPS) is 22.1. The summed E-state index contributed by atoms with van der Waals surface area (Å²) in [6.07, 6.45) is 13.6. The lowest BCUT2D eigenvalue weighted by Gasteiger charge is -2.28. The molecule has 2 N–H and O–H groups in total. The molecular weight excluding hydrogens is 310 g/mol. The molecule has 2 aliphatic carbocycles. The molecule has 1 aromatic rings. The van der Waals surface area contributed by atoms with E-state index in [1.54, 1.807) is 0 Å². The van der Waals surface area contributed by atoms with Crippen LogP contribution in [-0.4, -0.2) is 0 Å². The molecule has 2 aliphatic rings. The van der Waals surface area contributed by atoms with Gasteiger partial charge in [-0.1, -0.05) is 54.5 Å². The molecule has 0 unspecified atom stereocenters. The molecule has 1 aromatic carbocycles. The van der Waals surface area contributed by atoms with Crippen molar-refractivity contribution in [2.75, 3.05) is 5.73 Å². The molecular formula is C18H26BrN. The molecule has 0 spiro atoms. The van der Waals surface area contributed by atoms with Gasteiger partial charge in [-0.3, -0.25) is 0 Å². The van der Waals surface area contributed by atoms with E-state index in [9.17, 15) is 0 Å². The number of benzene rings is 1. The van der Waals surface area contributed by atoms with E-state index in [4.69, 9.17) is 5.73 Å². The van der Waals surface area contributed by atoms with Crippen LogP contribution < -0.4 is 5.73 Å². The monoisotopic (exact) mass is 335 g/mol. The standard InChI is InChI=1S/C18H26BrN/c19-15-11-16(13-7-3-1-4-8-13)18(20)17(12-15)14-9-5-2-6-10-14/h11-14H,1-10,20H2. The largest absolute Gasteiger partial charge is 0.398 e. The van der Waals surface area contributed by atoms with Gasteiger partial charge in [0.25, 0.3) is 0 Å². The first-order valence-electron chi connectivity index (χ1n) is 8.34. The average Bonchev–Trinajstić information content (AvgIpc) is 2.51. The Morgan fingerprint density at radius 3 is 1.55 bits per heavy atom. The van der Waals surface area contributed by atoms with E-state index in [2.05, 4.69) is 28.1 Å². The third-order valence-corrected chi connectivity index (χ3v) is 5.76. The van der Waals surface area contributed by atoms with Crippen molar-refractivity contribution in [2.24, 2.45) is 0 Å². The highest BCUT2D eigenvalue weighted by atomic mass is 79.9. The number of hydrogen-bond acceptors (Lipinski definition) is 1. The third kappa shape index (κ3) is 3.05. The first-order chi connectivity index (χ1) is 9.75. The van der Waals surface area contributed by atoms with E-state index in [0.717, 1.165) is 5.69 Å². The summed E-state index contributed by atoms with van der Waals surface area (Å²) in [7, 11) is 0. The van der Waals surface area contributed by atoms with Crippen molar-refractivity contribution in [3.8, 4) is 0 Å². The van der Waals surface area contributed by atoms with Crippen LogP contribution in [0.5, 0.6) is 0 Å². The minimum atomic E-state index is 0.698. The molecule has 2 heteroatoms. The summed E-state index contributed by atoms with van der Waals surface area (Å²) >= 11 is 3.72. The summed E-state index contributed by atoms with van der Waals surface area (Å²) in [6.45, 7) is 0. The molecule has 0 amide bonds. The summed E-state index contributed by atoms with van der Waals surface area (Å²) in [5, 5.41) is 0.